The van der Waals surface area contributed by atoms with E-state index in [1.165, 1.54) is 12.3 Å². The first-order valence-electron chi connectivity index (χ1n) is 4.17. The van der Waals surface area contributed by atoms with Gasteiger partial charge in [-0.3, -0.25) is 0 Å². The zero-order chi connectivity index (χ0) is 11.7. The minimum absolute atomic E-state index is 0. The van der Waals surface area contributed by atoms with E-state index in [0.717, 1.165) is 4.68 Å². The first-order valence-corrected chi connectivity index (χ1v) is 5.34. The number of hydrogen-bond acceptors (Lipinski definition) is 4. The van der Waals surface area contributed by atoms with Crippen LogP contribution in [0.3, 0.4) is 0 Å². The molecule has 0 spiro atoms. The van der Waals surface area contributed by atoms with Crippen molar-refractivity contribution in [2.45, 2.75) is 0 Å². The Bertz CT molecular complexity index is 561. The third-order valence-corrected chi connectivity index (χ3v) is 2.51. The summed E-state index contributed by atoms with van der Waals surface area (Å²) in [5.74, 6) is -1.10. The quantitative estimate of drug-likeness (QED) is 0.602. The topological polar surface area (TPSA) is 70.8 Å². The molecule has 0 bridgehead atoms. The van der Waals surface area contributed by atoms with Crippen LogP contribution in [0.4, 0.5) is 0 Å². The molecule has 0 aliphatic carbocycles. The molecular formula is C9H4BrClN3NaO2. The predicted molar refractivity (Wildman–Crippen MR) is 58.4 cm³/mol. The third-order valence-electron chi connectivity index (χ3n) is 1.83. The van der Waals surface area contributed by atoms with E-state index in [4.69, 9.17) is 11.6 Å². The van der Waals surface area contributed by atoms with E-state index in [1.54, 1.807) is 12.1 Å². The van der Waals surface area contributed by atoms with Crippen molar-refractivity contribution >= 4 is 33.5 Å². The van der Waals surface area contributed by atoms with Crippen molar-refractivity contribution in [3.8, 4) is 5.82 Å². The van der Waals surface area contributed by atoms with Crippen LogP contribution in [-0.4, -0.2) is 20.7 Å². The summed E-state index contributed by atoms with van der Waals surface area (Å²) < 4.78 is 1.48. The second kappa shape index (κ2) is 5.97. The number of rotatable bonds is 2. The summed E-state index contributed by atoms with van der Waals surface area (Å²) in [6.45, 7) is 0. The van der Waals surface area contributed by atoms with Crippen LogP contribution in [-0.2, 0) is 0 Å². The largest absolute Gasteiger partial charge is 1.00 e. The molecule has 0 saturated carbocycles. The zero-order valence-electron chi connectivity index (χ0n) is 8.72. The van der Waals surface area contributed by atoms with Crippen molar-refractivity contribution in [1.82, 2.24) is 14.8 Å². The Hall–Kier alpha value is -0.400. The van der Waals surface area contributed by atoms with Gasteiger partial charge in [-0.15, -0.1) is 0 Å². The Kier molecular flexibility index (Phi) is 5.15. The number of aromatic nitrogens is 3. The van der Waals surface area contributed by atoms with Crippen molar-refractivity contribution in [2.75, 3.05) is 0 Å². The van der Waals surface area contributed by atoms with E-state index in [0.29, 0.717) is 9.63 Å². The van der Waals surface area contributed by atoms with Gasteiger partial charge in [0.25, 0.3) is 0 Å². The van der Waals surface area contributed by atoms with Gasteiger partial charge in [0.2, 0.25) is 0 Å². The monoisotopic (exact) mass is 323 g/mol. The Morgan fingerprint density at radius 3 is 2.82 bits per heavy atom. The van der Waals surface area contributed by atoms with E-state index < -0.39 is 5.97 Å². The predicted octanol–water partition coefficient (Wildman–Crippen LogP) is -1.95. The van der Waals surface area contributed by atoms with Crippen LogP contribution >= 0.6 is 27.5 Å². The number of carboxylic acids is 1. The van der Waals surface area contributed by atoms with Gasteiger partial charge in [0.15, 0.2) is 5.82 Å². The molecular weight excluding hydrogens is 320 g/mol. The van der Waals surface area contributed by atoms with Crippen molar-refractivity contribution in [3.63, 3.8) is 0 Å². The van der Waals surface area contributed by atoms with Gasteiger partial charge >= 0.3 is 29.6 Å². The molecule has 8 heteroatoms. The SMILES string of the molecule is O=C([O-])c1cc(Br)nn1-c1ncccc1Cl.[Na+]. The van der Waals surface area contributed by atoms with Gasteiger partial charge in [0, 0.05) is 12.3 Å². The number of aromatic carboxylic acids is 1. The van der Waals surface area contributed by atoms with Gasteiger partial charge < -0.3 is 9.90 Å². The average molecular weight is 324 g/mol. The zero-order valence-corrected chi connectivity index (χ0v) is 13.1. The Morgan fingerprint density at radius 1 is 1.53 bits per heavy atom. The summed E-state index contributed by atoms with van der Waals surface area (Å²) in [4.78, 5) is 14.8. The van der Waals surface area contributed by atoms with Gasteiger partial charge in [0.1, 0.15) is 4.60 Å². The van der Waals surface area contributed by atoms with Gasteiger partial charge in [0.05, 0.1) is 16.7 Å². The maximum absolute atomic E-state index is 10.9. The second-order valence-electron chi connectivity index (χ2n) is 2.86. The molecule has 2 aromatic heterocycles. The van der Waals surface area contributed by atoms with E-state index in [2.05, 4.69) is 26.0 Å². The first-order chi connectivity index (χ1) is 7.59. The molecule has 0 aromatic carbocycles. The van der Waals surface area contributed by atoms with E-state index >= 15 is 0 Å². The molecule has 2 heterocycles. The molecule has 5 nitrogen and oxygen atoms in total. The molecule has 0 aliphatic heterocycles. The van der Waals surface area contributed by atoms with Crippen molar-refractivity contribution < 1.29 is 39.5 Å². The Morgan fingerprint density at radius 2 is 2.24 bits per heavy atom. The molecule has 2 rings (SSSR count). The molecule has 0 amide bonds. The van der Waals surface area contributed by atoms with Crippen LogP contribution in [0.25, 0.3) is 5.82 Å². The number of nitrogens with zero attached hydrogens (tertiary/aromatic N) is 3. The summed E-state index contributed by atoms with van der Waals surface area (Å²) in [5, 5.41) is 15.1. The minimum atomic E-state index is -1.35. The molecule has 17 heavy (non-hydrogen) atoms. The summed E-state index contributed by atoms with van der Waals surface area (Å²) in [7, 11) is 0. The van der Waals surface area contributed by atoms with E-state index in [-0.39, 0.29) is 41.1 Å². The van der Waals surface area contributed by atoms with Crippen LogP contribution < -0.4 is 34.7 Å². The maximum Gasteiger partial charge on any atom is 1.00 e. The first kappa shape index (κ1) is 14.7. The fourth-order valence-corrected chi connectivity index (χ4v) is 1.77. The van der Waals surface area contributed by atoms with Crippen LogP contribution in [0.15, 0.2) is 29.0 Å². The van der Waals surface area contributed by atoms with Gasteiger partial charge in [-0.2, -0.15) is 5.10 Å². The molecule has 0 radical (unpaired) electrons. The summed E-state index contributed by atoms with van der Waals surface area (Å²) in [5.41, 5.74) is -0.118. The van der Waals surface area contributed by atoms with Gasteiger partial charge in [-0.25, -0.2) is 9.67 Å². The van der Waals surface area contributed by atoms with Crippen LogP contribution in [0.2, 0.25) is 5.02 Å². The van der Waals surface area contributed by atoms with Crippen LogP contribution in [0.5, 0.6) is 0 Å². The molecule has 0 saturated heterocycles. The molecule has 0 atom stereocenters. The normalized spacial score (nSPS) is 9.76. The third kappa shape index (κ3) is 3.08. The Balaban J connectivity index is 0.00000144. The van der Waals surface area contributed by atoms with Crippen LogP contribution in [0, 0.1) is 0 Å². The molecule has 0 unspecified atom stereocenters. The van der Waals surface area contributed by atoms with Crippen molar-refractivity contribution in [2.24, 2.45) is 0 Å². The number of halogens is 2. The maximum atomic E-state index is 10.9. The molecule has 0 fully saturated rings. The molecule has 0 aliphatic rings. The number of hydrogen-bond donors (Lipinski definition) is 0. The molecule has 0 N–H and O–H groups in total. The number of carbonyl (C=O) groups excluding carboxylic acids is 1. The summed E-state index contributed by atoms with van der Waals surface area (Å²) >= 11 is 8.97. The smallest absolute Gasteiger partial charge is 0.543 e. The van der Waals surface area contributed by atoms with Crippen molar-refractivity contribution in [1.29, 1.82) is 0 Å². The number of carbonyl (C=O) groups is 1. The number of carboxylic acid groups (broad SMARTS) is 1. The van der Waals surface area contributed by atoms with E-state index in [9.17, 15) is 9.90 Å². The second-order valence-corrected chi connectivity index (χ2v) is 4.08. The van der Waals surface area contributed by atoms with Gasteiger partial charge in [-0.1, -0.05) is 11.6 Å². The summed E-state index contributed by atoms with van der Waals surface area (Å²) in [6, 6.07) is 4.56. The Labute approximate surface area is 132 Å². The molecule has 82 valence electrons. The van der Waals surface area contributed by atoms with Crippen LogP contribution in [0.1, 0.15) is 10.5 Å². The standard InChI is InChI=1S/C9H5BrClN3O2.Na/c10-7-4-6(9(15)16)14(13-7)8-5(11)2-1-3-12-8;/h1-4H,(H,15,16);/q;+1/p-1. The average Bonchev–Trinajstić information content (AvgIpc) is 2.61. The fourth-order valence-electron chi connectivity index (χ4n) is 1.19. The molecule has 2 aromatic rings. The fraction of sp³-hybridized carbons (Fsp3) is 0. The van der Waals surface area contributed by atoms with Crippen molar-refractivity contribution in [3.05, 3.63) is 39.7 Å². The van der Waals surface area contributed by atoms with Gasteiger partial charge in [-0.05, 0) is 28.1 Å². The summed E-state index contributed by atoms with van der Waals surface area (Å²) in [6.07, 6.45) is 1.50. The number of pyridine rings is 1. The minimum Gasteiger partial charge on any atom is -0.543 e. The van der Waals surface area contributed by atoms with E-state index in [1.807, 2.05) is 0 Å².